The molecular weight excluding hydrogens is 158 g/mol. The second kappa shape index (κ2) is 3.52. The summed E-state index contributed by atoms with van der Waals surface area (Å²) >= 11 is 0. The van der Waals surface area contributed by atoms with E-state index in [4.69, 9.17) is 5.11 Å². The van der Waals surface area contributed by atoms with E-state index in [1.54, 1.807) is 0 Å². The van der Waals surface area contributed by atoms with Crippen LogP contribution in [-0.4, -0.2) is 11.1 Å². The predicted octanol–water partition coefficient (Wildman–Crippen LogP) is 0.418. The molecule has 0 bridgehead atoms. The molecule has 0 saturated carbocycles. The van der Waals surface area contributed by atoms with Crippen LogP contribution in [0, 0.1) is 5.21 Å². The summed E-state index contributed by atoms with van der Waals surface area (Å²) in [6.07, 6.45) is 5.05. The van der Waals surface area contributed by atoms with Crippen molar-refractivity contribution >= 4 is 12.0 Å². The Labute approximate surface area is 69.0 Å². The molecule has 1 rings (SSSR count). The Bertz CT molecular complexity index is 303. The molecule has 4 heteroatoms. The molecular formula is C8H7NO3. The van der Waals surface area contributed by atoms with Crippen LogP contribution in [0.25, 0.3) is 6.08 Å². The molecule has 0 unspecified atom stereocenters. The number of carboxylic acids is 1. The SMILES string of the molecule is O=C(O)/C=C/c1cc[n+]([O-])cc1. The lowest BCUT2D eigenvalue weighted by molar-refractivity contribution is -0.605. The Morgan fingerprint density at radius 2 is 2.08 bits per heavy atom. The molecule has 0 aliphatic heterocycles. The maximum atomic E-state index is 10.5. The van der Waals surface area contributed by atoms with Crippen LogP contribution in [0.2, 0.25) is 0 Å². The van der Waals surface area contributed by atoms with Crippen molar-refractivity contribution in [1.82, 2.24) is 0 Å². The molecule has 0 fully saturated rings. The van der Waals surface area contributed by atoms with Crippen molar-refractivity contribution in [3.63, 3.8) is 0 Å². The molecule has 0 aliphatic carbocycles. The standard InChI is InChI=1S/C8H7NO3/c10-8(11)2-1-7-3-5-9(12)6-4-7/h1-6H,(H,10,11)/b2-1+. The van der Waals surface area contributed by atoms with Crippen molar-refractivity contribution < 1.29 is 14.6 Å². The van der Waals surface area contributed by atoms with Crippen LogP contribution in [0.3, 0.4) is 0 Å². The van der Waals surface area contributed by atoms with Crippen LogP contribution >= 0.6 is 0 Å². The third kappa shape index (κ3) is 2.42. The van der Waals surface area contributed by atoms with Gasteiger partial charge in [0, 0.05) is 18.2 Å². The Hall–Kier alpha value is -1.84. The van der Waals surface area contributed by atoms with E-state index in [0.717, 1.165) is 6.08 Å². The van der Waals surface area contributed by atoms with Crippen LogP contribution in [-0.2, 0) is 4.79 Å². The topological polar surface area (TPSA) is 64.2 Å². The quantitative estimate of drug-likeness (QED) is 0.392. The summed E-state index contributed by atoms with van der Waals surface area (Å²) in [7, 11) is 0. The Kier molecular flexibility index (Phi) is 2.42. The van der Waals surface area contributed by atoms with Crippen LogP contribution in [0.1, 0.15) is 5.56 Å². The fraction of sp³-hybridized carbons (Fsp3) is 0. The minimum atomic E-state index is -1.01. The van der Waals surface area contributed by atoms with E-state index >= 15 is 0 Å². The molecule has 4 nitrogen and oxygen atoms in total. The van der Waals surface area contributed by atoms with Gasteiger partial charge in [0.15, 0.2) is 12.4 Å². The zero-order valence-corrected chi connectivity index (χ0v) is 6.18. The molecule has 1 aromatic rings. The Morgan fingerprint density at radius 3 is 2.58 bits per heavy atom. The molecule has 0 spiro atoms. The summed E-state index contributed by atoms with van der Waals surface area (Å²) < 4.78 is 0.637. The fourth-order valence-corrected chi connectivity index (χ4v) is 0.703. The largest absolute Gasteiger partial charge is 0.619 e. The number of aromatic nitrogens is 1. The Balaban J connectivity index is 2.77. The van der Waals surface area contributed by atoms with Gasteiger partial charge in [-0.25, -0.2) is 4.79 Å². The number of hydrogen-bond donors (Lipinski definition) is 1. The maximum absolute atomic E-state index is 10.5. The molecule has 1 N–H and O–H groups in total. The van der Waals surface area contributed by atoms with E-state index in [2.05, 4.69) is 0 Å². The third-order valence-electron chi connectivity index (χ3n) is 1.25. The van der Waals surface area contributed by atoms with Gasteiger partial charge in [-0.2, -0.15) is 4.73 Å². The zero-order valence-electron chi connectivity index (χ0n) is 6.18. The van der Waals surface area contributed by atoms with Crippen LogP contribution in [0.4, 0.5) is 0 Å². The van der Waals surface area contributed by atoms with Crippen molar-refractivity contribution in [2.24, 2.45) is 0 Å². The summed E-state index contributed by atoms with van der Waals surface area (Å²) in [4.78, 5) is 10.1. The summed E-state index contributed by atoms with van der Waals surface area (Å²) in [6.45, 7) is 0. The highest BCUT2D eigenvalue weighted by Gasteiger charge is 1.90. The highest BCUT2D eigenvalue weighted by molar-refractivity contribution is 5.85. The molecule has 0 saturated heterocycles. The van der Waals surface area contributed by atoms with Crippen molar-refractivity contribution in [3.05, 3.63) is 41.4 Å². The first kappa shape index (κ1) is 8.26. The van der Waals surface area contributed by atoms with Crippen molar-refractivity contribution in [2.75, 3.05) is 0 Å². The number of aliphatic carboxylic acids is 1. The number of nitrogens with zero attached hydrogens (tertiary/aromatic N) is 1. The van der Waals surface area contributed by atoms with E-state index < -0.39 is 5.97 Å². The second-order valence-corrected chi connectivity index (χ2v) is 2.16. The lowest BCUT2D eigenvalue weighted by Crippen LogP contribution is -2.23. The van der Waals surface area contributed by atoms with Crippen LogP contribution in [0.5, 0.6) is 0 Å². The number of carboxylic acid groups (broad SMARTS) is 1. The summed E-state index contributed by atoms with van der Waals surface area (Å²) in [5.74, 6) is -1.01. The van der Waals surface area contributed by atoms with Gasteiger partial charge in [-0.3, -0.25) is 0 Å². The highest BCUT2D eigenvalue weighted by Crippen LogP contribution is 1.97. The van der Waals surface area contributed by atoms with E-state index in [9.17, 15) is 10.0 Å². The average molecular weight is 165 g/mol. The van der Waals surface area contributed by atoms with Crippen molar-refractivity contribution in [1.29, 1.82) is 0 Å². The molecule has 0 aromatic carbocycles. The molecule has 1 aromatic heterocycles. The summed E-state index contributed by atoms with van der Waals surface area (Å²) in [5, 5.41) is 18.8. The van der Waals surface area contributed by atoms with E-state index in [1.165, 1.54) is 30.6 Å². The minimum Gasteiger partial charge on any atom is -0.619 e. The normalized spacial score (nSPS) is 10.3. The van der Waals surface area contributed by atoms with Gasteiger partial charge < -0.3 is 10.3 Å². The monoisotopic (exact) mass is 165 g/mol. The van der Waals surface area contributed by atoms with Crippen molar-refractivity contribution in [3.8, 4) is 0 Å². The molecule has 0 atom stereocenters. The minimum absolute atomic E-state index is 0.637. The fourth-order valence-electron chi connectivity index (χ4n) is 0.703. The molecule has 0 amide bonds. The summed E-state index contributed by atoms with van der Waals surface area (Å²) in [6, 6.07) is 3.07. The zero-order chi connectivity index (χ0) is 8.97. The molecule has 0 radical (unpaired) electrons. The van der Waals surface area contributed by atoms with Gasteiger partial charge in [0.1, 0.15) is 0 Å². The highest BCUT2D eigenvalue weighted by atomic mass is 16.5. The lowest BCUT2D eigenvalue weighted by atomic mass is 10.2. The number of carbonyl (C=O) groups is 1. The number of rotatable bonds is 2. The average Bonchev–Trinajstić information content (AvgIpc) is 2.03. The molecule has 12 heavy (non-hydrogen) atoms. The van der Waals surface area contributed by atoms with Gasteiger partial charge in [0.25, 0.3) is 0 Å². The van der Waals surface area contributed by atoms with E-state index in [1.807, 2.05) is 0 Å². The third-order valence-corrected chi connectivity index (χ3v) is 1.25. The Morgan fingerprint density at radius 1 is 1.50 bits per heavy atom. The number of pyridine rings is 1. The number of hydrogen-bond acceptors (Lipinski definition) is 2. The summed E-state index contributed by atoms with van der Waals surface area (Å²) in [5.41, 5.74) is 0.685. The smallest absolute Gasteiger partial charge is 0.328 e. The first-order chi connectivity index (χ1) is 5.68. The van der Waals surface area contributed by atoms with Gasteiger partial charge in [-0.1, -0.05) is 0 Å². The van der Waals surface area contributed by atoms with Gasteiger partial charge in [0.2, 0.25) is 0 Å². The van der Waals surface area contributed by atoms with Crippen LogP contribution in [0.15, 0.2) is 30.6 Å². The van der Waals surface area contributed by atoms with Crippen molar-refractivity contribution in [2.45, 2.75) is 0 Å². The van der Waals surface area contributed by atoms with Gasteiger partial charge in [-0.05, 0) is 11.6 Å². The predicted molar refractivity (Wildman–Crippen MR) is 42.1 cm³/mol. The maximum Gasteiger partial charge on any atom is 0.328 e. The van der Waals surface area contributed by atoms with Gasteiger partial charge in [0.05, 0.1) is 0 Å². The van der Waals surface area contributed by atoms with Gasteiger partial charge in [-0.15, -0.1) is 0 Å². The second-order valence-electron chi connectivity index (χ2n) is 2.16. The van der Waals surface area contributed by atoms with Gasteiger partial charge >= 0.3 is 5.97 Å². The van der Waals surface area contributed by atoms with E-state index in [-0.39, 0.29) is 0 Å². The van der Waals surface area contributed by atoms with Crippen LogP contribution < -0.4 is 4.73 Å². The first-order valence-electron chi connectivity index (χ1n) is 3.28. The van der Waals surface area contributed by atoms with E-state index in [0.29, 0.717) is 10.3 Å². The lowest BCUT2D eigenvalue weighted by Gasteiger charge is -1.93. The molecule has 62 valence electrons. The molecule has 0 aliphatic rings. The molecule has 1 heterocycles. The first-order valence-corrected chi connectivity index (χ1v) is 3.28.